The summed E-state index contributed by atoms with van der Waals surface area (Å²) in [5.74, 6) is -0.410. The van der Waals surface area contributed by atoms with E-state index in [-0.39, 0.29) is 0 Å². The molecule has 0 aromatic heterocycles. The molecular weight excluding hydrogens is 268 g/mol. The van der Waals surface area contributed by atoms with E-state index in [0.717, 1.165) is 5.56 Å². The maximum absolute atomic E-state index is 12.3. The van der Waals surface area contributed by atoms with E-state index in [0.29, 0.717) is 19.5 Å². The van der Waals surface area contributed by atoms with Crippen molar-refractivity contribution in [2.24, 2.45) is 0 Å². The summed E-state index contributed by atoms with van der Waals surface area (Å²) in [4.78, 5) is 25.6. The number of urea groups is 1. The maximum Gasteiger partial charge on any atom is 0.321 e. The molecule has 6 heteroatoms. The molecule has 0 heterocycles. The molecule has 1 unspecified atom stereocenters. The van der Waals surface area contributed by atoms with Gasteiger partial charge in [-0.1, -0.05) is 30.3 Å². The van der Waals surface area contributed by atoms with Crippen molar-refractivity contribution in [3.63, 3.8) is 0 Å². The van der Waals surface area contributed by atoms with Crippen LogP contribution in [0.4, 0.5) is 4.79 Å². The fourth-order valence-electron chi connectivity index (χ4n) is 1.98. The highest BCUT2D eigenvalue weighted by Crippen LogP contribution is 2.19. The minimum absolute atomic E-state index is 0.314. The van der Waals surface area contributed by atoms with Crippen LogP contribution in [0.2, 0.25) is 0 Å². The van der Waals surface area contributed by atoms with E-state index < -0.39 is 18.0 Å². The summed E-state index contributed by atoms with van der Waals surface area (Å²) in [5.41, 5.74) is 0.778. The van der Waals surface area contributed by atoms with Crippen LogP contribution in [0.5, 0.6) is 0 Å². The second-order valence-electron chi connectivity index (χ2n) is 4.55. The van der Waals surface area contributed by atoms with Gasteiger partial charge in [-0.05, 0) is 19.5 Å². The molecule has 0 saturated heterocycles. The Balaban J connectivity index is 2.89. The minimum Gasteiger partial charge on any atom is -0.338 e. The third-order valence-electron chi connectivity index (χ3n) is 2.95. The monoisotopic (exact) mass is 288 g/mol. The van der Waals surface area contributed by atoms with Crippen LogP contribution in [0.3, 0.4) is 0 Å². The number of hydrogen-bond donors (Lipinski definition) is 2. The Kier molecular flexibility index (Phi) is 6.92. The molecule has 0 radical (unpaired) electrons. The average Bonchev–Trinajstić information content (AvgIpc) is 2.46. The van der Waals surface area contributed by atoms with Gasteiger partial charge in [0, 0.05) is 19.5 Å². The van der Waals surface area contributed by atoms with E-state index in [2.05, 4.69) is 16.7 Å². The van der Waals surface area contributed by atoms with Crippen LogP contribution >= 0.6 is 0 Å². The van der Waals surface area contributed by atoms with Crippen LogP contribution in [0.1, 0.15) is 24.9 Å². The van der Waals surface area contributed by atoms with Crippen molar-refractivity contribution in [3.8, 4) is 6.07 Å². The molecule has 2 N–H and O–H groups in total. The first kappa shape index (κ1) is 16.7. The van der Waals surface area contributed by atoms with Crippen LogP contribution in [0.25, 0.3) is 0 Å². The molecule has 6 nitrogen and oxygen atoms in total. The standard InChI is InChI=1S/C15H20N4O2/c1-3-17-15(21)18-14(20)13(19(2)11-7-10-16)12-8-5-4-6-9-12/h4-6,8-9,13H,3,7,11H2,1-2H3,(H2,17,18,20,21). The van der Waals surface area contributed by atoms with Crippen LogP contribution in [-0.4, -0.2) is 37.0 Å². The molecular formula is C15H20N4O2. The molecule has 0 aliphatic carbocycles. The molecule has 3 amide bonds. The van der Waals surface area contributed by atoms with Gasteiger partial charge in [0.15, 0.2) is 0 Å². The molecule has 0 aliphatic heterocycles. The number of imide groups is 1. The number of rotatable bonds is 6. The Morgan fingerprint density at radius 3 is 2.57 bits per heavy atom. The van der Waals surface area contributed by atoms with Crippen molar-refractivity contribution in [2.75, 3.05) is 20.1 Å². The Bertz CT molecular complexity index is 510. The summed E-state index contributed by atoms with van der Waals surface area (Å²) < 4.78 is 0. The molecule has 0 saturated carbocycles. The van der Waals surface area contributed by atoms with Crippen molar-refractivity contribution in [1.82, 2.24) is 15.5 Å². The van der Waals surface area contributed by atoms with Gasteiger partial charge in [0.1, 0.15) is 6.04 Å². The highest BCUT2D eigenvalue weighted by atomic mass is 16.2. The third-order valence-corrected chi connectivity index (χ3v) is 2.95. The number of nitrogens with zero attached hydrogens (tertiary/aromatic N) is 2. The number of nitrogens with one attached hydrogen (secondary N) is 2. The van der Waals surface area contributed by atoms with Crippen molar-refractivity contribution < 1.29 is 9.59 Å². The average molecular weight is 288 g/mol. The molecule has 0 fully saturated rings. The van der Waals surface area contributed by atoms with Crippen molar-refractivity contribution in [2.45, 2.75) is 19.4 Å². The lowest BCUT2D eigenvalue weighted by Gasteiger charge is -2.26. The summed E-state index contributed by atoms with van der Waals surface area (Å²) in [6.45, 7) is 2.66. The van der Waals surface area contributed by atoms with E-state index in [1.54, 1.807) is 18.9 Å². The molecule has 21 heavy (non-hydrogen) atoms. The van der Waals surface area contributed by atoms with Gasteiger partial charge in [0.2, 0.25) is 5.91 Å². The van der Waals surface area contributed by atoms with Gasteiger partial charge in [-0.2, -0.15) is 5.26 Å². The molecule has 112 valence electrons. The second kappa shape index (κ2) is 8.72. The highest BCUT2D eigenvalue weighted by molar-refractivity contribution is 5.97. The summed E-state index contributed by atoms with van der Waals surface area (Å²) >= 11 is 0. The summed E-state index contributed by atoms with van der Waals surface area (Å²) in [7, 11) is 1.76. The van der Waals surface area contributed by atoms with Gasteiger partial charge in [-0.15, -0.1) is 0 Å². The van der Waals surface area contributed by atoms with Crippen LogP contribution in [0, 0.1) is 11.3 Å². The Morgan fingerprint density at radius 1 is 1.33 bits per heavy atom. The normalized spacial score (nSPS) is 11.5. The van der Waals surface area contributed by atoms with E-state index in [1.165, 1.54) is 0 Å². The number of hydrogen-bond acceptors (Lipinski definition) is 4. The fraction of sp³-hybridized carbons (Fsp3) is 0.400. The first-order valence-electron chi connectivity index (χ1n) is 6.81. The third kappa shape index (κ3) is 5.24. The molecule has 0 aliphatic rings. The van der Waals surface area contributed by atoms with Crippen LogP contribution < -0.4 is 10.6 Å². The van der Waals surface area contributed by atoms with Gasteiger partial charge >= 0.3 is 6.03 Å². The molecule has 0 bridgehead atoms. The first-order chi connectivity index (χ1) is 10.1. The lowest BCUT2D eigenvalue weighted by Crippen LogP contribution is -2.45. The van der Waals surface area contributed by atoms with Gasteiger partial charge in [-0.3, -0.25) is 15.0 Å². The van der Waals surface area contributed by atoms with Crippen molar-refractivity contribution >= 4 is 11.9 Å². The second-order valence-corrected chi connectivity index (χ2v) is 4.55. The zero-order valence-electron chi connectivity index (χ0n) is 12.3. The maximum atomic E-state index is 12.3. The molecule has 1 atom stereocenters. The van der Waals surface area contributed by atoms with Gasteiger partial charge in [0.05, 0.1) is 6.07 Å². The number of nitriles is 1. The predicted molar refractivity (Wildman–Crippen MR) is 79.3 cm³/mol. The van der Waals surface area contributed by atoms with E-state index in [1.807, 2.05) is 30.3 Å². The largest absolute Gasteiger partial charge is 0.338 e. The summed E-state index contributed by atoms with van der Waals surface area (Å²) in [6.07, 6.45) is 0.314. The molecule has 1 rings (SSSR count). The SMILES string of the molecule is CCNC(=O)NC(=O)C(c1ccccc1)N(C)CCC#N. The number of carbonyl (C=O) groups excluding carboxylic acids is 2. The summed E-state index contributed by atoms with van der Waals surface area (Å²) in [6, 6.07) is 10.1. The summed E-state index contributed by atoms with van der Waals surface area (Å²) in [5, 5.41) is 13.5. The molecule has 1 aromatic rings. The van der Waals surface area contributed by atoms with Crippen LogP contribution in [0.15, 0.2) is 30.3 Å². The van der Waals surface area contributed by atoms with E-state index >= 15 is 0 Å². The topological polar surface area (TPSA) is 85.2 Å². The zero-order chi connectivity index (χ0) is 15.7. The van der Waals surface area contributed by atoms with Crippen molar-refractivity contribution in [1.29, 1.82) is 5.26 Å². The number of benzene rings is 1. The smallest absolute Gasteiger partial charge is 0.321 e. The van der Waals surface area contributed by atoms with E-state index in [4.69, 9.17) is 5.26 Å². The minimum atomic E-state index is -0.609. The molecule has 0 spiro atoms. The quantitative estimate of drug-likeness (QED) is 0.829. The Hall–Kier alpha value is -2.39. The highest BCUT2D eigenvalue weighted by Gasteiger charge is 2.26. The molecule has 1 aromatic carbocycles. The Labute approximate surface area is 124 Å². The number of likely N-dealkylation sites (N-methyl/N-ethyl adjacent to an activating group) is 1. The van der Waals surface area contributed by atoms with Gasteiger partial charge in [-0.25, -0.2) is 4.79 Å². The fourth-order valence-corrected chi connectivity index (χ4v) is 1.98. The van der Waals surface area contributed by atoms with Crippen LogP contribution in [-0.2, 0) is 4.79 Å². The van der Waals surface area contributed by atoms with Gasteiger partial charge in [0.25, 0.3) is 0 Å². The van der Waals surface area contributed by atoms with Gasteiger partial charge < -0.3 is 5.32 Å². The number of amides is 3. The lowest BCUT2D eigenvalue weighted by atomic mass is 10.0. The number of carbonyl (C=O) groups is 2. The predicted octanol–water partition coefficient (Wildman–Crippen LogP) is 1.42. The van der Waals surface area contributed by atoms with Crippen molar-refractivity contribution in [3.05, 3.63) is 35.9 Å². The first-order valence-corrected chi connectivity index (χ1v) is 6.81. The zero-order valence-corrected chi connectivity index (χ0v) is 12.3. The lowest BCUT2D eigenvalue weighted by molar-refractivity contribution is -0.125. The van der Waals surface area contributed by atoms with E-state index in [9.17, 15) is 9.59 Å². The Morgan fingerprint density at radius 2 is 2.00 bits per heavy atom.